The Labute approximate surface area is 131 Å². The molecule has 1 aromatic carbocycles. The molecule has 0 aliphatic heterocycles. The van der Waals surface area contributed by atoms with Gasteiger partial charge in [0.15, 0.2) is 0 Å². The van der Waals surface area contributed by atoms with Crippen LogP contribution in [0, 0.1) is 0 Å². The number of hydrogen-bond donors (Lipinski definition) is 2. The summed E-state index contributed by atoms with van der Waals surface area (Å²) in [4.78, 5) is 13.2. The van der Waals surface area contributed by atoms with Gasteiger partial charge in [-0.2, -0.15) is 0 Å². The van der Waals surface area contributed by atoms with Crippen molar-refractivity contribution in [3.63, 3.8) is 0 Å². The number of carbonyl (C=O) groups excluding carboxylic acids is 1. The van der Waals surface area contributed by atoms with Crippen LogP contribution in [-0.4, -0.2) is 25.0 Å². The third-order valence-corrected chi connectivity index (χ3v) is 3.96. The van der Waals surface area contributed by atoms with Crippen LogP contribution in [0.25, 0.3) is 0 Å². The SMILES string of the molecule is CCCCN(CC(N)=O)c1ccc(CNC2CC2)cc1Cl. The molecule has 3 N–H and O–H groups in total. The predicted molar refractivity (Wildman–Crippen MR) is 87.6 cm³/mol. The Hall–Kier alpha value is -1.26. The first kappa shape index (κ1) is 16.1. The minimum atomic E-state index is -0.332. The summed E-state index contributed by atoms with van der Waals surface area (Å²) < 4.78 is 0. The van der Waals surface area contributed by atoms with Crippen LogP contribution in [0.5, 0.6) is 0 Å². The standard InChI is InChI=1S/C16H24ClN3O/c1-2-3-8-20(11-16(18)21)15-7-4-12(9-14(15)17)10-19-13-5-6-13/h4,7,9,13,19H,2-3,5-6,8,10-11H2,1H3,(H2,18,21). The molecule has 1 aromatic rings. The lowest BCUT2D eigenvalue weighted by atomic mass is 10.1. The first-order chi connectivity index (χ1) is 10.1. The molecular weight excluding hydrogens is 286 g/mol. The van der Waals surface area contributed by atoms with Gasteiger partial charge in [0, 0.05) is 19.1 Å². The smallest absolute Gasteiger partial charge is 0.236 e. The van der Waals surface area contributed by atoms with Gasteiger partial charge in [-0.25, -0.2) is 0 Å². The third-order valence-electron chi connectivity index (χ3n) is 3.65. The molecule has 0 spiro atoms. The summed E-state index contributed by atoms with van der Waals surface area (Å²) in [5, 5.41) is 4.15. The molecular formula is C16H24ClN3O. The van der Waals surface area contributed by atoms with Crippen molar-refractivity contribution in [2.75, 3.05) is 18.0 Å². The topological polar surface area (TPSA) is 58.4 Å². The third kappa shape index (κ3) is 5.21. The lowest BCUT2D eigenvalue weighted by molar-refractivity contribution is -0.116. The quantitative estimate of drug-likeness (QED) is 0.737. The summed E-state index contributed by atoms with van der Waals surface area (Å²) in [5.41, 5.74) is 7.40. The van der Waals surface area contributed by atoms with Crippen molar-refractivity contribution >= 4 is 23.2 Å². The second-order valence-corrected chi connectivity index (χ2v) is 6.09. The van der Waals surface area contributed by atoms with Gasteiger partial charge in [0.25, 0.3) is 0 Å². The summed E-state index contributed by atoms with van der Waals surface area (Å²) in [6.07, 6.45) is 4.62. The highest BCUT2D eigenvalue weighted by molar-refractivity contribution is 6.33. The molecule has 2 rings (SSSR count). The van der Waals surface area contributed by atoms with E-state index in [0.29, 0.717) is 11.1 Å². The van der Waals surface area contributed by atoms with E-state index in [9.17, 15) is 4.79 Å². The van der Waals surface area contributed by atoms with Gasteiger partial charge in [-0.05, 0) is 37.0 Å². The predicted octanol–water partition coefficient (Wildman–Crippen LogP) is 2.68. The van der Waals surface area contributed by atoms with Crippen LogP contribution in [0.1, 0.15) is 38.2 Å². The molecule has 0 aromatic heterocycles. The monoisotopic (exact) mass is 309 g/mol. The molecule has 0 bridgehead atoms. The van der Waals surface area contributed by atoms with Crippen LogP contribution >= 0.6 is 11.6 Å². The maximum atomic E-state index is 11.2. The number of primary amides is 1. The largest absolute Gasteiger partial charge is 0.368 e. The van der Waals surface area contributed by atoms with Crippen molar-refractivity contribution in [2.45, 2.75) is 45.2 Å². The Balaban J connectivity index is 2.05. The Morgan fingerprint density at radius 1 is 1.48 bits per heavy atom. The van der Waals surface area contributed by atoms with Gasteiger partial charge in [-0.1, -0.05) is 31.0 Å². The first-order valence-corrected chi connectivity index (χ1v) is 8.03. The van der Waals surface area contributed by atoms with E-state index in [4.69, 9.17) is 17.3 Å². The van der Waals surface area contributed by atoms with E-state index in [2.05, 4.69) is 18.3 Å². The Bertz CT molecular complexity index is 488. The number of halogens is 1. The lowest BCUT2D eigenvalue weighted by Crippen LogP contribution is -2.34. The highest BCUT2D eigenvalue weighted by Crippen LogP contribution is 2.28. The van der Waals surface area contributed by atoms with Gasteiger partial charge in [0.1, 0.15) is 0 Å². The number of unbranched alkanes of at least 4 members (excludes halogenated alkanes) is 1. The number of anilines is 1. The number of nitrogens with zero attached hydrogens (tertiary/aromatic N) is 1. The van der Waals surface area contributed by atoms with E-state index in [1.165, 1.54) is 18.4 Å². The molecule has 0 radical (unpaired) electrons. The number of carbonyl (C=O) groups is 1. The van der Waals surface area contributed by atoms with E-state index < -0.39 is 0 Å². The van der Waals surface area contributed by atoms with Crippen molar-refractivity contribution in [2.24, 2.45) is 5.73 Å². The number of benzene rings is 1. The van der Waals surface area contributed by atoms with Crippen molar-refractivity contribution in [3.05, 3.63) is 28.8 Å². The van der Waals surface area contributed by atoms with E-state index >= 15 is 0 Å². The number of nitrogens with two attached hydrogens (primary N) is 1. The Morgan fingerprint density at radius 2 is 2.24 bits per heavy atom. The van der Waals surface area contributed by atoms with E-state index in [1.54, 1.807) is 0 Å². The molecule has 0 atom stereocenters. The zero-order valence-electron chi connectivity index (χ0n) is 12.6. The maximum absolute atomic E-state index is 11.2. The molecule has 0 saturated heterocycles. The fourth-order valence-corrected chi connectivity index (χ4v) is 2.61. The van der Waals surface area contributed by atoms with Crippen molar-refractivity contribution in [1.82, 2.24) is 5.32 Å². The highest BCUT2D eigenvalue weighted by Gasteiger charge is 2.20. The van der Waals surface area contributed by atoms with Crippen LogP contribution in [0.15, 0.2) is 18.2 Å². The van der Waals surface area contributed by atoms with Crippen LogP contribution < -0.4 is 16.0 Å². The summed E-state index contributed by atoms with van der Waals surface area (Å²) in [6.45, 7) is 3.96. The average Bonchev–Trinajstić information content (AvgIpc) is 3.25. The zero-order chi connectivity index (χ0) is 15.2. The summed E-state index contributed by atoms with van der Waals surface area (Å²) in [6, 6.07) is 6.72. The molecule has 0 unspecified atom stereocenters. The maximum Gasteiger partial charge on any atom is 0.236 e. The lowest BCUT2D eigenvalue weighted by Gasteiger charge is -2.24. The summed E-state index contributed by atoms with van der Waals surface area (Å²) in [5.74, 6) is -0.332. The minimum Gasteiger partial charge on any atom is -0.368 e. The van der Waals surface area contributed by atoms with Gasteiger partial charge in [-0.3, -0.25) is 4.79 Å². The fourth-order valence-electron chi connectivity index (χ4n) is 2.29. The zero-order valence-corrected chi connectivity index (χ0v) is 13.3. The highest BCUT2D eigenvalue weighted by atomic mass is 35.5. The molecule has 1 saturated carbocycles. The van der Waals surface area contributed by atoms with Crippen molar-refractivity contribution < 1.29 is 4.79 Å². The van der Waals surface area contributed by atoms with Crippen LogP contribution in [0.3, 0.4) is 0 Å². The Morgan fingerprint density at radius 3 is 2.81 bits per heavy atom. The molecule has 1 aliphatic carbocycles. The molecule has 21 heavy (non-hydrogen) atoms. The van der Waals surface area contributed by atoms with E-state index in [1.807, 2.05) is 17.0 Å². The minimum absolute atomic E-state index is 0.208. The summed E-state index contributed by atoms with van der Waals surface area (Å²) in [7, 11) is 0. The second kappa shape index (κ2) is 7.66. The van der Waals surface area contributed by atoms with E-state index in [-0.39, 0.29) is 12.5 Å². The molecule has 0 heterocycles. The molecule has 4 nitrogen and oxygen atoms in total. The number of hydrogen-bond acceptors (Lipinski definition) is 3. The van der Waals surface area contributed by atoms with Crippen LogP contribution in [-0.2, 0) is 11.3 Å². The molecule has 116 valence electrons. The number of amides is 1. The average molecular weight is 310 g/mol. The number of rotatable bonds is 9. The van der Waals surface area contributed by atoms with Crippen molar-refractivity contribution in [3.8, 4) is 0 Å². The molecule has 1 aliphatic rings. The van der Waals surface area contributed by atoms with E-state index in [0.717, 1.165) is 31.6 Å². The summed E-state index contributed by atoms with van der Waals surface area (Å²) >= 11 is 6.40. The Kier molecular flexibility index (Phi) is 5.88. The fraction of sp³-hybridized carbons (Fsp3) is 0.562. The van der Waals surface area contributed by atoms with Gasteiger partial charge in [0.2, 0.25) is 5.91 Å². The molecule has 1 fully saturated rings. The van der Waals surface area contributed by atoms with Gasteiger partial charge in [0.05, 0.1) is 17.3 Å². The van der Waals surface area contributed by atoms with Gasteiger partial charge in [-0.15, -0.1) is 0 Å². The molecule has 1 amide bonds. The first-order valence-electron chi connectivity index (χ1n) is 7.65. The van der Waals surface area contributed by atoms with Gasteiger partial charge >= 0.3 is 0 Å². The normalized spacial score (nSPS) is 14.2. The van der Waals surface area contributed by atoms with Gasteiger partial charge < -0.3 is 16.0 Å². The van der Waals surface area contributed by atoms with Crippen LogP contribution in [0.4, 0.5) is 5.69 Å². The molecule has 5 heteroatoms. The van der Waals surface area contributed by atoms with Crippen LogP contribution in [0.2, 0.25) is 5.02 Å². The second-order valence-electron chi connectivity index (χ2n) is 5.68. The number of nitrogens with one attached hydrogen (secondary N) is 1. The van der Waals surface area contributed by atoms with Crippen molar-refractivity contribution in [1.29, 1.82) is 0 Å².